The van der Waals surface area contributed by atoms with Crippen molar-refractivity contribution in [3.8, 4) is 0 Å². The van der Waals surface area contributed by atoms with Crippen molar-refractivity contribution in [3.05, 3.63) is 0 Å². The lowest BCUT2D eigenvalue weighted by Gasteiger charge is -2.47. The number of esters is 1. The SMILES string of the molecule is CO[C@]1(C)C[C@@H](C)CN(C)C(C2C[C@H]3CC[C@@H](C2)N3CC(C)C)COC(=O)C(C)(C)C(=O)[C@H](C)[C@H]1O[C@@H]1O[C@H](C)C[C@H](N(C)C)[C@H]1O. The first-order chi connectivity index (χ1) is 21.9. The summed E-state index contributed by atoms with van der Waals surface area (Å²) in [5.74, 6) is -0.293. The van der Waals surface area contributed by atoms with Gasteiger partial charge in [0.1, 0.15) is 18.1 Å². The van der Waals surface area contributed by atoms with Crippen LogP contribution < -0.4 is 0 Å². The number of piperidine rings is 1. The van der Waals surface area contributed by atoms with Crippen molar-refractivity contribution >= 4 is 11.8 Å². The number of nitrogens with zero attached hydrogens (tertiary/aromatic N) is 3. The number of carbonyl (C=O) groups excluding carboxylic acids is 2. The number of rotatable bonds is 7. The van der Waals surface area contributed by atoms with Crippen LogP contribution in [0.25, 0.3) is 0 Å². The van der Waals surface area contributed by atoms with E-state index in [1.54, 1.807) is 27.9 Å². The molecule has 10 heteroatoms. The van der Waals surface area contributed by atoms with Crippen molar-refractivity contribution in [1.29, 1.82) is 0 Å². The average Bonchev–Trinajstić information content (AvgIpc) is 3.20. The fourth-order valence-electron chi connectivity index (χ4n) is 9.41. The molecule has 12 atom stereocenters. The molecule has 0 saturated carbocycles. The van der Waals surface area contributed by atoms with Crippen molar-refractivity contribution in [2.24, 2.45) is 29.1 Å². The molecule has 4 aliphatic rings. The molecule has 0 amide bonds. The minimum absolute atomic E-state index is 0.0610. The number of aliphatic hydroxyl groups excluding tert-OH is 1. The molecular weight excluding hydrogens is 598 g/mol. The van der Waals surface area contributed by atoms with Crippen LogP contribution in [0, 0.1) is 29.1 Å². The van der Waals surface area contributed by atoms with E-state index in [-0.39, 0.29) is 36.5 Å². The van der Waals surface area contributed by atoms with Gasteiger partial charge < -0.3 is 29.0 Å². The van der Waals surface area contributed by atoms with Crippen LogP contribution in [-0.4, -0.2) is 134 Å². The maximum atomic E-state index is 14.3. The normalized spacial score (nSPS) is 43.0. The Morgan fingerprint density at radius 1 is 1.04 bits per heavy atom. The number of ketones is 1. The van der Waals surface area contributed by atoms with Gasteiger partial charge in [-0.3, -0.25) is 19.4 Å². The largest absolute Gasteiger partial charge is 0.463 e. The molecule has 4 rings (SSSR count). The van der Waals surface area contributed by atoms with Crippen LogP contribution in [0.1, 0.15) is 93.9 Å². The Hall–Kier alpha value is -1.14. The van der Waals surface area contributed by atoms with E-state index in [1.807, 2.05) is 32.8 Å². The highest BCUT2D eigenvalue weighted by atomic mass is 16.7. The van der Waals surface area contributed by atoms with Gasteiger partial charge in [-0.15, -0.1) is 0 Å². The summed E-state index contributed by atoms with van der Waals surface area (Å²) >= 11 is 0. The summed E-state index contributed by atoms with van der Waals surface area (Å²) in [4.78, 5) is 35.3. The molecule has 0 aromatic carbocycles. The van der Waals surface area contributed by atoms with Crippen molar-refractivity contribution in [3.63, 3.8) is 0 Å². The second kappa shape index (κ2) is 15.4. The Labute approximate surface area is 285 Å². The molecule has 0 radical (unpaired) electrons. The predicted molar refractivity (Wildman–Crippen MR) is 183 cm³/mol. The van der Waals surface area contributed by atoms with Gasteiger partial charge in [-0.2, -0.15) is 0 Å². The quantitative estimate of drug-likeness (QED) is 0.314. The number of carbonyl (C=O) groups is 2. The molecule has 2 unspecified atom stereocenters. The summed E-state index contributed by atoms with van der Waals surface area (Å²) in [5.41, 5.74) is -2.30. The van der Waals surface area contributed by atoms with E-state index < -0.39 is 41.4 Å². The highest BCUT2D eigenvalue weighted by molar-refractivity contribution is 6.04. The van der Waals surface area contributed by atoms with Gasteiger partial charge in [-0.1, -0.05) is 27.7 Å². The van der Waals surface area contributed by atoms with Crippen molar-refractivity contribution in [2.45, 2.75) is 148 Å². The molecule has 10 nitrogen and oxygen atoms in total. The smallest absolute Gasteiger partial charge is 0.319 e. The Kier molecular flexibility index (Phi) is 12.7. The van der Waals surface area contributed by atoms with Gasteiger partial charge in [0.05, 0.1) is 17.8 Å². The molecular formula is C37H67N3O7. The second-order valence-corrected chi connectivity index (χ2v) is 17.0. The maximum absolute atomic E-state index is 14.3. The summed E-state index contributed by atoms with van der Waals surface area (Å²) < 4.78 is 25.3. The molecule has 4 fully saturated rings. The van der Waals surface area contributed by atoms with E-state index >= 15 is 0 Å². The van der Waals surface area contributed by atoms with Gasteiger partial charge in [0.2, 0.25) is 0 Å². The number of ether oxygens (including phenoxy) is 4. The Balaban J connectivity index is 1.64. The lowest BCUT2D eigenvalue weighted by Crippen LogP contribution is -2.59. The average molecular weight is 666 g/mol. The first-order valence-electron chi connectivity index (χ1n) is 18.3. The number of likely N-dealkylation sites (N-methyl/N-ethyl adjacent to an activating group) is 2. The zero-order valence-electron chi connectivity index (χ0n) is 31.5. The van der Waals surface area contributed by atoms with E-state index in [2.05, 4.69) is 37.6 Å². The number of hydrogen-bond acceptors (Lipinski definition) is 10. The van der Waals surface area contributed by atoms with Crippen LogP contribution in [-0.2, 0) is 28.5 Å². The number of hydrogen-bond donors (Lipinski definition) is 1. The summed E-state index contributed by atoms with van der Waals surface area (Å²) in [6.07, 6.45) is 3.16. The minimum Gasteiger partial charge on any atom is -0.463 e. The van der Waals surface area contributed by atoms with Gasteiger partial charge in [0.25, 0.3) is 0 Å². The van der Waals surface area contributed by atoms with Crippen LogP contribution >= 0.6 is 0 Å². The lowest BCUT2D eigenvalue weighted by atomic mass is 9.74. The number of Topliss-reactive ketones (excluding diaryl/α,β-unsaturated/α-hetero) is 1. The van der Waals surface area contributed by atoms with Crippen LogP contribution in [0.3, 0.4) is 0 Å². The van der Waals surface area contributed by atoms with Gasteiger partial charge in [0.15, 0.2) is 12.1 Å². The van der Waals surface area contributed by atoms with Crippen molar-refractivity contribution < 1.29 is 33.6 Å². The third kappa shape index (κ3) is 8.43. The van der Waals surface area contributed by atoms with E-state index in [0.29, 0.717) is 36.8 Å². The summed E-state index contributed by atoms with van der Waals surface area (Å²) in [6, 6.07) is 1.05. The molecule has 4 saturated heterocycles. The third-order valence-electron chi connectivity index (χ3n) is 12.0. The first-order valence-corrected chi connectivity index (χ1v) is 18.3. The number of fused-ring (bicyclic) bond motifs is 2. The predicted octanol–water partition coefficient (Wildman–Crippen LogP) is 4.22. The summed E-state index contributed by atoms with van der Waals surface area (Å²) in [5, 5.41) is 11.4. The zero-order valence-corrected chi connectivity index (χ0v) is 31.5. The fourth-order valence-corrected chi connectivity index (χ4v) is 9.41. The van der Waals surface area contributed by atoms with Gasteiger partial charge in [0, 0.05) is 50.3 Å². The van der Waals surface area contributed by atoms with Gasteiger partial charge in [-0.05, 0) is 105 Å². The van der Waals surface area contributed by atoms with E-state index in [0.717, 1.165) is 25.9 Å². The highest BCUT2D eigenvalue weighted by Gasteiger charge is 2.52. The second-order valence-electron chi connectivity index (χ2n) is 17.0. The van der Waals surface area contributed by atoms with Crippen LogP contribution in [0.15, 0.2) is 0 Å². The molecule has 0 aromatic rings. The number of cyclic esters (lactones) is 1. The summed E-state index contributed by atoms with van der Waals surface area (Å²) in [6.45, 7) is 18.1. The Bertz CT molecular complexity index is 1060. The molecule has 47 heavy (non-hydrogen) atoms. The molecule has 1 N–H and O–H groups in total. The lowest BCUT2D eigenvalue weighted by molar-refractivity contribution is -0.295. The van der Waals surface area contributed by atoms with Crippen LogP contribution in [0.2, 0.25) is 0 Å². The third-order valence-corrected chi connectivity index (χ3v) is 12.0. The molecule has 2 bridgehead atoms. The van der Waals surface area contributed by atoms with E-state index in [9.17, 15) is 14.7 Å². The molecule has 4 aliphatic heterocycles. The maximum Gasteiger partial charge on any atom is 0.319 e. The van der Waals surface area contributed by atoms with Gasteiger partial charge in [-0.25, -0.2) is 0 Å². The monoisotopic (exact) mass is 665 g/mol. The molecule has 4 heterocycles. The standard InChI is InChI=1S/C37H67N3O7/c1-22(2)19-40-27-13-14-28(40)17-26(16-27)30-21-45-35(43)36(6,7)32(42)25(5)33(37(8,44-12)18-23(3)20-39(30)11)47-34-31(41)29(38(9)10)15-24(4)46-34/h22-31,33-34,41H,13-21H2,1-12H3/t23-,24-,25+,26?,27-,28+,29+,30?,31-,33-,34+,37-/m1/s1. The van der Waals surface area contributed by atoms with Gasteiger partial charge >= 0.3 is 5.97 Å². The highest BCUT2D eigenvalue weighted by Crippen LogP contribution is 2.43. The summed E-state index contributed by atoms with van der Waals surface area (Å²) in [7, 11) is 7.69. The first kappa shape index (κ1) is 38.7. The van der Waals surface area contributed by atoms with Crippen molar-refractivity contribution in [2.75, 3.05) is 47.9 Å². The Morgan fingerprint density at radius 3 is 2.21 bits per heavy atom. The van der Waals surface area contributed by atoms with Crippen LogP contribution in [0.4, 0.5) is 0 Å². The van der Waals surface area contributed by atoms with Crippen LogP contribution in [0.5, 0.6) is 0 Å². The van der Waals surface area contributed by atoms with E-state index in [4.69, 9.17) is 18.9 Å². The molecule has 272 valence electrons. The van der Waals surface area contributed by atoms with Crippen molar-refractivity contribution in [1.82, 2.24) is 14.7 Å². The molecule has 0 aliphatic carbocycles. The Morgan fingerprint density at radius 2 is 1.66 bits per heavy atom. The zero-order chi connectivity index (χ0) is 35.0. The van der Waals surface area contributed by atoms with E-state index in [1.165, 1.54) is 12.8 Å². The topological polar surface area (TPSA) is 101 Å². The number of methoxy groups -OCH3 is 1. The minimum atomic E-state index is -1.40. The molecule has 0 aromatic heterocycles. The fraction of sp³-hybridized carbons (Fsp3) is 0.946. The molecule has 0 spiro atoms. The number of aliphatic hydroxyl groups is 1.